The zero-order chi connectivity index (χ0) is 15.8. The summed E-state index contributed by atoms with van der Waals surface area (Å²) < 4.78 is 10.4. The van der Waals surface area contributed by atoms with Crippen molar-refractivity contribution in [3.8, 4) is 0 Å². The fourth-order valence-corrected chi connectivity index (χ4v) is 3.25. The molecule has 2 N–H and O–H groups in total. The molecule has 2 heterocycles. The van der Waals surface area contributed by atoms with Gasteiger partial charge in [-0.3, -0.25) is 4.79 Å². The summed E-state index contributed by atoms with van der Waals surface area (Å²) in [4.78, 5) is 14.7. The molecule has 2 aliphatic rings. The summed E-state index contributed by atoms with van der Waals surface area (Å²) in [6.45, 7) is 5.64. The Morgan fingerprint density at radius 2 is 2.05 bits per heavy atom. The minimum Gasteiger partial charge on any atom is -0.396 e. The molecule has 0 aromatic carbocycles. The number of hydrogen-bond donors (Lipinski definition) is 2. The van der Waals surface area contributed by atoms with Gasteiger partial charge >= 0.3 is 0 Å². The lowest BCUT2D eigenvalue weighted by Crippen LogP contribution is -2.47. The number of aliphatic hydroxyl groups is 1. The van der Waals surface area contributed by atoms with E-state index in [0.717, 1.165) is 51.9 Å². The summed E-state index contributed by atoms with van der Waals surface area (Å²) in [5.41, 5.74) is -0.187. The summed E-state index contributed by atoms with van der Waals surface area (Å²) in [5, 5.41) is 12.7. The molecule has 2 rings (SSSR count). The van der Waals surface area contributed by atoms with Gasteiger partial charge in [0, 0.05) is 44.7 Å². The number of methoxy groups -OCH3 is 1. The third-order valence-electron chi connectivity index (χ3n) is 5.10. The second-order valence-electron chi connectivity index (χ2n) is 6.60. The average Bonchev–Trinajstić information content (AvgIpc) is 2.59. The number of nitrogens with zero attached hydrogens (tertiary/aromatic N) is 1. The normalized spacial score (nSPS) is 23.4. The molecule has 0 saturated carbocycles. The van der Waals surface area contributed by atoms with E-state index in [0.29, 0.717) is 19.8 Å². The van der Waals surface area contributed by atoms with Crippen LogP contribution in [0.3, 0.4) is 0 Å². The number of rotatable bonds is 7. The molecule has 2 aliphatic heterocycles. The Kier molecular flexibility index (Phi) is 7.08. The minimum atomic E-state index is -0.187. The Morgan fingerprint density at radius 1 is 1.36 bits per heavy atom. The van der Waals surface area contributed by atoms with Crippen LogP contribution in [0.2, 0.25) is 0 Å². The maximum absolute atomic E-state index is 12.4. The monoisotopic (exact) mass is 314 g/mol. The quantitative estimate of drug-likeness (QED) is 0.705. The molecule has 0 bridgehead atoms. The van der Waals surface area contributed by atoms with Gasteiger partial charge in [0.05, 0.1) is 13.2 Å². The number of nitrogens with one attached hydrogen (secondary N) is 1. The Bertz CT molecular complexity index is 337. The van der Waals surface area contributed by atoms with Gasteiger partial charge in [0.25, 0.3) is 0 Å². The lowest BCUT2D eigenvalue weighted by molar-refractivity contribution is -0.127. The third-order valence-corrected chi connectivity index (χ3v) is 5.10. The van der Waals surface area contributed by atoms with Crippen LogP contribution >= 0.6 is 0 Å². The van der Waals surface area contributed by atoms with Crippen LogP contribution < -0.4 is 5.32 Å². The average molecular weight is 314 g/mol. The molecule has 128 valence electrons. The molecule has 6 nitrogen and oxygen atoms in total. The second kappa shape index (κ2) is 8.82. The van der Waals surface area contributed by atoms with E-state index < -0.39 is 0 Å². The van der Waals surface area contributed by atoms with Crippen molar-refractivity contribution in [2.45, 2.75) is 25.7 Å². The van der Waals surface area contributed by atoms with Crippen molar-refractivity contribution in [3.05, 3.63) is 0 Å². The van der Waals surface area contributed by atoms with Crippen LogP contribution in [0, 0.1) is 11.3 Å². The number of piperidine rings is 1. The molecule has 0 aliphatic carbocycles. The molecule has 1 amide bonds. The minimum absolute atomic E-state index is 0.106. The van der Waals surface area contributed by atoms with Crippen LogP contribution in [-0.4, -0.2) is 75.6 Å². The smallest absolute Gasteiger partial charge is 0.223 e. The number of aliphatic hydroxyl groups excluding tert-OH is 1. The van der Waals surface area contributed by atoms with E-state index in [1.807, 2.05) is 0 Å². The molecular formula is C16H30N2O4. The molecule has 6 heteroatoms. The van der Waals surface area contributed by atoms with Gasteiger partial charge in [0.15, 0.2) is 0 Å². The second-order valence-corrected chi connectivity index (χ2v) is 6.60. The predicted octanol–water partition coefficient (Wildman–Crippen LogP) is 0.250. The first kappa shape index (κ1) is 17.7. The maximum atomic E-state index is 12.4. The highest BCUT2D eigenvalue weighted by atomic mass is 16.5. The molecule has 0 aromatic heterocycles. The fourth-order valence-electron chi connectivity index (χ4n) is 3.25. The van der Waals surface area contributed by atoms with Crippen LogP contribution in [-0.2, 0) is 14.3 Å². The van der Waals surface area contributed by atoms with Crippen LogP contribution in [0.4, 0.5) is 0 Å². The summed E-state index contributed by atoms with van der Waals surface area (Å²) in [5.74, 6) is 0.250. The summed E-state index contributed by atoms with van der Waals surface area (Å²) in [7, 11) is 1.72. The Hall–Kier alpha value is -0.690. The largest absolute Gasteiger partial charge is 0.396 e. The van der Waals surface area contributed by atoms with E-state index in [4.69, 9.17) is 9.47 Å². The van der Waals surface area contributed by atoms with Gasteiger partial charge in [-0.2, -0.15) is 0 Å². The number of carbonyl (C=O) groups excluding carboxylic acids is 1. The van der Waals surface area contributed by atoms with Crippen molar-refractivity contribution in [1.82, 2.24) is 10.2 Å². The van der Waals surface area contributed by atoms with Crippen LogP contribution in [0.25, 0.3) is 0 Å². The van der Waals surface area contributed by atoms with E-state index in [2.05, 4.69) is 10.2 Å². The maximum Gasteiger partial charge on any atom is 0.223 e. The highest BCUT2D eigenvalue weighted by Gasteiger charge is 2.33. The Morgan fingerprint density at radius 3 is 2.64 bits per heavy atom. The van der Waals surface area contributed by atoms with E-state index in [1.165, 1.54) is 0 Å². The number of likely N-dealkylation sites (tertiary alicyclic amines) is 1. The lowest BCUT2D eigenvalue weighted by atomic mass is 9.81. The van der Waals surface area contributed by atoms with Crippen LogP contribution in [0.5, 0.6) is 0 Å². The van der Waals surface area contributed by atoms with Crippen LogP contribution in [0.15, 0.2) is 0 Å². The molecule has 0 radical (unpaired) electrons. The van der Waals surface area contributed by atoms with Crippen molar-refractivity contribution >= 4 is 5.91 Å². The van der Waals surface area contributed by atoms with Crippen molar-refractivity contribution in [1.29, 1.82) is 0 Å². The molecular weight excluding hydrogens is 284 g/mol. The summed E-state index contributed by atoms with van der Waals surface area (Å²) in [6.07, 6.45) is 3.45. The van der Waals surface area contributed by atoms with Gasteiger partial charge in [0.2, 0.25) is 5.91 Å². The van der Waals surface area contributed by atoms with Gasteiger partial charge in [-0.15, -0.1) is 0 Å². The molecule has 22 heavy (non-hydrogen) atoms. The summed E-state index contributed by atoms with van der Waals surface area (Å²) >= 11 is 0. The van der Waals surface area contributed by atoms with E-state index in [1.54, 1.807) is 7.11 Å². The molecule has 0 spiro atoms. The lowest BCUT2D eigenvalue weighted by Gasteiger charge is -2.36. The number of amides is 1. The number of hydrogen-bond acceptors (Lipinski definition) is 5. The first-order valence-corrected chi connectivity index (χ1v) is 8.37. The van der Waals surface area contributed by atoms with E-state index >= 15 is 0 Å². The number of ether oxygens (including phenoxy) is 2. The highest BCUT2D eigenvalue weighted by Crippen LogP contribution is 2.29. The predicted molar refractivity (Wildman–Crippen MR) is 83.6 cm³/mol. The molecule has 2 fully saturated rings. The van der Waals surface area contributed by atoms with E-state index in [-0.39, 0.29) is 23.8 Å². The first-order valence-electron chi connectivity index (χ1n) is 8.37. The third kappa shape index (κ3) is 4.91. The van der Waals surface area contributed by atoms with Gasteiger partial charge in [-0.05, 0) is 38.8 Å². The van der Waals surface area contributed by atoms with Gasteiger partial charge in [-0.1, -0.05) is 0 Å². The summed E-state index contributed by atoms with van der Waals surface area (Å²) in [6, 6.07) is 0. The van der Waals surface area contributed by atoms with Crippen molar-refractivity contribution in [2.24, 2.45) is 11.3 Å². The SMILES string of the molecule is COCCN1CCC(C(=O)NCC2(CO)CCOCC2)CC1. The van der Waals surface area contributed by atoms with Crippen LogP contribution in [0.1, 0.15) is 25.7 Å². The zero-order valence-electron chi connectivity index (χ0n) is 13.7. The van der Waals surface area contributed by atoms with Crippen molar-refractivity contribution in [3.63, 3.8) is 0 Å². The van der Waals surface area contributed by atoms with Gasteiger partial charge in [0.1, 0.15) is 0 Å². The van der Waals surface area contributed by atoms with Gasteiger partial charge < -0.3 is 24.8 Å². The van der Waals surface area contributed by atoms with Crippen molar-refractivity contribution in [2.75, 3.05) is 59.7 Å². The topological polar surface area (TPSA) is 71.0 Å². The first-order chi connectivity index (χ1) is 10.7. The molecule has 0 unspecified atom stereocenters. The molecule has 0 aromatic rings. The Balaban J connectivity index is 1.71. The number of carbonyl (C=O) groups is 1. The molecule has 2 saturated heterocycles. The van der Waals surface area contributed by atoms with Gasteiger partial charge in [-0.25, -0.2) is 0 Å². The Labute approximate surface area is 133 Å². The fraction of sp³-hybridized carbons (Fsp3) is 0.938. The molecule has 0 atom stereocenters. The van der Waals surface area contributed by atoms with E-state index in [9.17, 15) is 9.90 Å². The zero-order valence-corrected chi connectivity index (χ0v) is 13.7. The highest BCUT2D eigenvalue weighted by molar-refractivity contribution is 5.78. The standard InChI is InChI=1S/C16H30N2O4/c1-21-11-8-18-6-2-14(3-7-18)15(20)17-12-16(13-19)4-9-22-10-5-16/h14,19H,2-13H2,1H3,(H,17,20). The van der Waals surface area contributed by atoms with Crippen molar-refractivity contribution < 1.29 is 19.4 Å².